The molecule has 2 aromatic carbocycles. The van der Waals surface area contributed by atoms with E-state index < -0.39 is 6.17 Å². The highest BCUT2D eigenvalue weighted by molar-refractivity contribution is 6.30. The van der Waals surface area contributed by atoms with Crippen LogP contribution in [-0.2, 0) is 6.61 Å². The highest BCUT2D eigenvalue weighted by Gasteiger charge is 2.44. The Kier molecular flexibility index (Phi) is 5.02. The monoisotopic (exact) mass is 437 g/mol. The minimum Gasteiger partial charge on any atom is -0.489 e. The van der Waals surface area contributed by atoms with Crippen molar-refractivity contribution in [2.45, 2.75) is 32.0 Å². The number of hydrogen-bond donors (Lipinski definition) is 1. The van der Waals surface area contributed by atoms with Gasteiger partial charge in [-0.2, -0.15) is 0 Å². The molecule has 0 saturated heterocycles. The van der Waals surface area contributed by atoms with Gasteiger partial charge in [0, 0.05) is 29.1 Å². The van der Waals surface area contributed by atoms with Gasteiger partial charge in [0.05, 0.1) is 16.7 Å². The summed E-state index contributed by atoms with van der Waals surface area (Å²) in [5.74, 6) is 1.51. The molecule has 2 heterocycles. The van der Waals surface area contributed by atoms with Gasteiger partial charge in [-0.05, 0) is 55.3 Å². The van der Waals surface area contributed by atoms with E-state index in [0.717, 1.165) is 34.5 Å². The number of pyridine rings is 1. The van der Waals surface area contributed by atoms with Crippen molar-refractivity contribution in [1.82, 2.24) is 14.5 Å². The predicted molar refractivity (Wildman–Crippen MR) is 119 cm³/mol. The Hall–Kier alpha value is -3.12. The molecular weight excluding hydrogens is 417 g/mol. The van der Waals surface area contributed by atoms with Crippen LogP contribution in [0.25, 0.3) is 16.7 Å². The van der Waals surface area contributed by atoms with Gasteiger partial charge < -0.3 is 9.72 Å². The lowest BCUT2D eigenvalue weighted by atomic mass is 10.2. The topological polar surface area (TPSA) is 59.9 Å². The summed E-state index contributed by atoms with van der Waals surface area (Å²) in [5, 5.41) is 0.668. The van der Waals surface area contributed by atoms with Crippen LogP contribution >= 0.6 is 11.6 Å². The van der Waals surface area contributed by atoms with Gasteiger partial charge in [0.2, 0.25) is 0 Å². The van der Waals surface area contributed by atoms with Crippen LogP contribution < -0.4 is 10.3 Å². The standard InChI is InChI=1S/C24H21ClFN3O2/c1-14(26)19-12-20(19)24-27-21-7-6-17(10-22(21)28-24)29-9-8-18(11-23(29)30)31-13-15-2-4-16(25)5-3-15/h2-11,14,19-20H,12-13H2,1H3,(H,27,28). The van der Waals surface area contributed by atoms with Crippen LogP contribution in [0.5, 0.6) is 5.75 Å². The van der Waals surface area contributed by atoms with Crippen molar-refractivity contribution >= 4 is 22.6 Å². The number of nitrogens with zero attached hydrogens (tertiary/aromatic N) is 2. The molecule has 158 valence electrons. The van der Waals surface area contributed by atoms with Crippen molar-refractivity contribution in [2.75, 3.05) is 0 Å². The fourth-order valence-corrected chi connectivity index (χ4v) is 4.02. The zero-order chi connectivity index (χ0) is 21.5. The summed E-state index contributed by atoms with van der Waals surface area (Å²) in [7, 11) is 0. The fourth-order valence-electron chi connectivity index (χ4n) is 3.89. The number of rotatable bonds is 6. The van der Waals surface area contributed by atoms with Crippen molar-refractivity contribution in [1.29, 1.82) is 0 Å². The Morgan fingerprint density at radius 2 is 2.03 bits per heavy atom. The summed E-state index contributed by atoms with van der Waals surface area (Å²) in [6, 6.07) is 16.2. The average Bonchev–Trinajstić information content (AvgIpc) is 3.46. The molecule has 1 saturated carbocycles. The van der Waals surface area contributed by atoms with E-state index in [-0.39, 0.29) is 17.4 Å². The number of aromatic nitrogens is 3. The van der Waals surface area contributed by atoms with Gasteiger partial charge in [-0.15, -0.1) is 0 Å². The molecule has 0 spiro atoms. The maximum atomic E-state index is 13.5. The summed E-state index contributed by atoms with van der Waals surface area (Å²) in [5.41, 5.74) is 3.14. The molecule has 1 fully saturated rings. The van der Waals surface area contributed by atoms with Crippen LogP contribution in [0.4, 0.5) is 4.39 Å². The number of H-pyrrole nitrogens is 1. The molecule has 3 unspecified atom stereocenters. The van der Waals surface area contributed by atoms with E-state index in [9.17, 15) is 9.18 Å². The fraction of sp³-hybridized carbons (Fsp3) is 0.250. The quantitative estimate of drug-likeness (QED) is 0.439. The molecule has 5 rings (SSSR count). The number of ether oxygens (including phenoxy) is 1. The molecule has 5 nitrogen and oxygen atoms in total. The lowest BCUT2D eigenvalue weighted by Crippen LogP contribution is -2.16. The van der Waals surface area contributed by atoms with Crippen LogP contribution in [-0.4, -0.2) is 20.7 Å². The number of fused-ring (bicyclic) bond motifs is 1. The molecule has 1 aliphatic rings. The number of hydrogen-bond acceptors (Lipinski definition) is 3. The summed E-state index contributed by atoms with van der Waals surface area (Å²) >= 11 is 5.89. The van der Waals surface area contributed by atoms with Crippen LogP contribution in [0.2, 0.25) is 5.02 Å². The SMILES string of the molecule is CC(F)C1CC1c1nc2ccc(-n3ccc(OCc4ccc(Cl)cc4)cc3=O)cc2[nH]1. The second kappa shape index (κ2) is 7.85. The van der Waals surface area contributed by atoms with E-state index in [1.165, 1.54) is 6.07 Å². The Bertz CT molecular complexity index is 1300. The highest BCUT2D eigenvalue weighted by Crippen LogP contribution is 2.49. The highest BCUT2D eigenvalue weighted by atomic mass is 35.5. The number of halogens is 2. The van der Waals surface area contributed by atoms with E-state index >= 15 is 0 Å². The van der Waals surface area contributed by atoms with E-state index in [1.54, 1.807) is 35.9 Å². The van der Waals surface area contributed by atoms with Gasteiger partial charge in [0.15, 0.2) is 0 Å². The molecule has 0 amide bonds. The number of benzene rings is 2. The first-order valence-electron chi connectivity index (χ1n) is 10.2. The van der Waals surface area contributed by atoms with Crippen molar-refractivity contribution in [3.05, 3.63) is 87.6 Å². The first-order valence-corrected chi connectivity index (χ1v) is 10.6. The average molecular weight is 438 g/mol. The summed E-state index contributed by atoms with van der Waals surface area (Å²) in [6.07, 6.45) is 1.69. The van der Waals surface area contributed by atoms with Crippen LogP contribution in [0.15, 0.2) is 65.6 Å². The third-order valence-corrected chi connectivity index (χ3v) is 6.00. The molecule has 0 radical (unpaired) electrons. The summed E-state index contributed by atoms with van der Waals surface area (Å²) in [4.78, 5) is 20.6. The molecule has 1 N–H and O–H groups in total. The smallest absolute Gasteiger partial charge is 0.258 e. The van der Waals surface area contributed by atoms with Crippen LogP contribution in [0, 0.1) is 5.92 Å². The first kappa shape index (κ1) is 19.8. The van der Waals surface area contributed by atoms with Crippen molar-refractivity contribution in [3.63, 3.8) is 0 Å². The van der Waals surface area contributed by atoms with Crippen molar-refractivity contribution in [2.24, 2.45) is 5.92 Å². The normalized spacial score (nSPS) is 18.8. The van der Waals surface area contributed by atoms with E-state index in [4.69, 9.17) is 16.3 Å². The Morgan fingerprint density at radius 1 is 1.23 bits per heavy atom. The number of nitrogens with one attached hydrogen (secondary N) is 1. The van der Waals surface area contributed by atoms with Gasteiger partial charge in [-0.1, -0.05) is 23.7 Å². The molecule has 1 aliphatic carbocycles. The van der Waals surface area contributed by atoms with Crippen LogP contribution in [0.3, 0.4) is 0 Å². The Labute approximate surface area is 183 Å². The maximum absolute atomic E-state index is 13.5. The maximum Gasteiger partial charge on any atom is 0.258 e. The molecule has 3 atom stereocenters. The molecule has 0 aliphatic heterocycles. The van der Waals surface area contributed by atoms with Crippen LogP contribution in [0.1, 0.15) is 30.7 Å². The Morgan fingerprint density at radius 3 is 2.74 bits per heavy atom. The summed E-state index contributed by atoms with van der Waals surface area (Å²) < 4.78 is 20.8. The third kappa shape index (κ3) is 4.08. The molecule has 2 aromatic heterocycles. The molecule has 4 aromatic rings. The second-order valence-electron chi connectivity index (χ2n) is 7.99. The second-order valence-corrected chi connectivity index (χ2v) is 8.43. The molecule has 0 bridgehead atoms. The third-order valence-electron chi connectivity index (χ3n) is 5.75. The Balaban J connectivity index is 1.34. The zero-order valence-corrected chi connectivity index (χ0v) is 17.6. The van der Waals surface area contributed by atoms with Crippen molar-refractivity contribution in [3.8, 4) is 11.4 Å². The first-order chi connectivity index (χ1) is 15.0. The van der Waals surface area contributed by atoms with E-state index in [0.29, 0.717) is 17.4 Å². The van der Waals surface area contributed by atoms with Gasteiger partial charge >= 0.3 is 0 Å². The zero-order valence-electron chi connectivity index (χ0n) is 16.9. The molecule has 7 heteroatoms. The minimum absolute atomic E-state index is 0.0445. The predicted octanol–water partition coefficient (Wildman–Crippen LogP) is 5.41. The van der Waals surface area contributed by atoms with E-state index in [2.05, 4.69) is 9.97 Å². The molecular formula is C24H21ClFN3O2. The summed E-state index contributed by atoms with van der Waals surface area (Å²) in [6.45, 7) is 1.95. The van der Waals surface area contributed by atoms with E-state index in [1.807, 2.05) is 30.3 Å². The largest absolute Gasteiger partial charge is 0.489 e. The van der Waals surface area contributed by atoms with Gasteiger partial charge in [-0.25, -0.2) is 9.37 Å². The lowest BCUT2D eigenvalue weighted by molar-refractivity contribution is 0.305. The van der Waals surface area contributed by atoms with Crippen molar-refractivity contribution < 1.29 is 9.13 Å². The van der Waals surface area contributed by atoms with Gasteiger partial charge in [0.25, 0.3) is 5.56 Å². The van der Waals surface area contributed by atoms with Gasteiger partial charge in [-0.3, -0.25) is 9.36 Å². The minimum atomic E-state index is -0.826. The molecule has 31 heavy (non-hydrogen) atoms. The lowest BCUT2D eigenvalue weighted by Gasteiger charge is -2.09. The number of aromatic amines is 1. The number of imidazole rings is 1. The number of alkyl halides is 1. The van der Waals surface area contributed by atoms with Gasteiger partial charge in [0.1, 0.15) is 24.4 Å².